The molecule has 1 aliphatic carbocycles. The summed E-state index contributed by atoms with van der Waals surface area (Å²) in [5.74, 6) is 1.82. The van der Waals surface area contributed by atoms with Crippen LogP contribution >= 0.6 is 15.9 Å². The molecular formula is C19H21BrN4. The molecule has 2 aromatic rings. The molecule has 0 amide bonds. The largest absolute Gasteiger partial charge is 0.353 e. The van der Waals surface area contributed by atoms with Crippen LogP contribution in [0.2, 0.25) is 0 Å². The molecule has 6 rings (SSSR count). The fourth-order valence-electron chi connectivity index (χ4n) is 4.12. The number of fused-ring (bicyclic) bond motifs is 2. The Morgan fingerprint density at radius 1 is 1.08 bits per heavy atom. The van der Waals surface area contributed by atoms with Gasteiger partial charge in [0.15, 0.2) is 0 Å². The molecule has 2 bridgehead atoms. The van der Waals surface area contributed by atoms with E-state index in [4.69, 9.17) is 0 Å². The summed E-state index contributed by atoms with van der Waals surface area (Å²) >= 11 is 3.58. The number of anilines is 1. The minimum Gasteiger partial charge on any atom is -0.353 e. The number of piperidine rings is 1. The lowest BCUT2D eigenvalue weighted by Crippen LogP contribution is -2.68. The predicted molar refractivity (Wildman–Crippen MR) is 98.1 cm³/mol. The van der Waals surface area contributed by atoms with Crippen LogP contribution in [0.25, 0.3) is 0 Å². The van der Waals surface area contributed by atoms with Crippen LogP contribution in [0.5, 0.6) is 0 Å². The first-order valence-corrected chi connectivity index (χ1v) is 9.62. The van der Waals surface area contributed by atoms with E-state index in [0.29, 0.717) is 18.0 Å². The third-order valence-corrected chi connectivity index (χ3v) is 6.09. The van der Waals surface area contributed by atoms with E-state index < -0.39 is 0 Å². The van der Waals surface area contributed by atoms with E-state index in [9.17, 15) is 0 Å². The average molecular weight is 385 g/mol. The number of aromatic nitrogens is 2. The molecule has 24 heavy (non-hydrogen) atoms. The van der Waals surface area contributed by atoms with Crippen molar-refractivity contribution in [1.82, 2.24) is 14.9 Å². The summed E-state index contributed by atoms with van der Waals surface area (Å²) in [4.78, 5) is 14.1. The fraction of sp³-hybridized carbons (Fsp3) is 0.474. The molecule has 3 saturated heterocycles. The number of rotatable bonds is 4. The van der Waals surface area contributed by atoms with Gasteiger partial charge < -0.3 is 4.90 Å². The van der Waals surface area contributed by atoms with Crippen LogP contribution in [-0.2, 0) is 6.54 Å². The molecule has 4 aliphatic rings. The summed E-state index contributed by atoms with van der Waals surface area (Å²) in [6.07, 6.45) is 5.66. The maximum atomic E-state index is 4.54. The maximum absolute atomic E-state index is 4.54. The second-order valence-corrected chi connectivity index (χ2v) is 8.24. The molecule has 2 atom stereocenters. The molecule has 0 spiro atoms. The van der Waals surface area contributed by atoms with Crippen LogP contribution in [0.15, 0.2) is 41.1 Å². The van der Waals surface area contributed by atoms with Gasteiger partial charge in [0, 0.05) is 53.9 Å². The van der Waals surface area contributed by atoms with Crippen LogP contribution in [0, 0.1) is 0 Å². The van der Waals surface area contributed by atoms with Gasteiger partial charge in [0.05, 0.1) is 0 Å². The molecule has 2 unspecified atom stereocenters. The summed E-state index contributed by atoms with van der Waals surface area (Å²) in [5.41, 5.74) is 2.64. The van der Waals surface area contributed by atoms with Crippen LogP contribution in [0.3, 0.4) is 0 Å². The molecule has 1 aromatic carbocycles. The first kappa shape index (κ1) is 14.8. The van der Waals surface area contributed by atoms with Crippen LogP contribution < -0.4 is 4.90 Å². The number of nitrogens with zero attached hydrogens (tertiary/aromatic N) is 4. The molecule has 0 radical (unpaired) electrons. The molecule has 0 N–H and O–H groups in total. The molecule has 1 saturated carbocycles. The number of piperazine rings is 1. The van der Waals surface area contributed by atoms with Crippen molar-refractivity contribution in [2.45, 2.75) is 43.8 Å². The highest BCUT2D eigenvalue weighted by molar-refractivity contribution is 9.10. The Kier molecular flexibility index (Phi) is 3.60. The van der Waals surface area contributed by atoms with Crippen molar-refractivity contribution in [2.24, 2.45) is 0 Å². The average Bonchev–Trinajstić information content (AvgIpc) is 3.45. The number of halogens is 1. The normalized spacial score (nSPS) is 26.3. The maximum Gasteiger partial charge on any atom is 0.132 e. The molecule has 124 valence electrons. The third-order valence-electron chi connectivity index (χ3n) is 5.59. The zero-order valence-corrected chi connectivity index (χ0v) is 15.2. The van der Waals surface area contributed by atoms with E-state index in [1.807, 2.05) is 0 Å². The van der Waals surface area contributed by atoms with Gasteiger partial charge in [-0.3, -0.25) is 4.90 Å². The highest BCUT2D eigenvalue weighted by Gasteiger charge is 2.44. The van der Waals surface area contributed by atoms with Gasteiger partial charge in [-0.2, -0.15) is 0 Å². The SMILES string of the molecule is Brc1cccc(CN2C3CC2CN(c2cc(C4CC4)ncn2)C3)c1. The second kappa shape index (κ2) is 5.81. The van der Waals surface area contributed by atoms with E-state index in [1.165, 1.54) is 35.0 Å². The van der Waals surface area contributed by atoms with E-state index in [1.54, 1.807) is 6.33 Å². The molecule has 4 heterocycles. The predicted octanol–water partition coefficient (Wildman–Crippen LogP) is 3.58. The molecule has 5 heteroatoms. The van der Waals surface area contributed by atoms with Crippen molar-refractivity contribution >= 4 is 21.7 Å². The van der Waals surface area contributed by atoms with Gasteiger partial charge in [-0.1, -0.05) is 28.1 Å². The lowest BCUT2D eigenvalue weighted by Gasteiger charge is -2.56. The van der Waals surface area contributed by atoms with Gasteiger partial charge in [0.1, 0.15) is 12.1 Å². The number of hydrogen-bond acceptors (Lipinski definition) is 4. The Balaban J connectivity index is 1.28. The summed E-state index contributed by atoms with van der Waals surface area (Å²) in [5, 5.41) is 0. The van der Waals surface area contributed by atoms with Crippen molar-refractivity contribution in [3.63, 3.8) is 0 Å². The van der Waals surface area contributed by atoms with E-state index >= 15 is 0 Å². The summed E-state index contributed by atoms with van der Waals surface area (Å²) in [6, 6.07) is 12.2. The fourth-order valence-corrected chi connectivity index (χ4v) is 4.56. The van der Waals surface area contributed by atoms with E-state index in [2.05, 4.69) is 66.0 Å². The first-order chi connectivity index (χ1) is 11.8. The van der Waals surface area contributed by atoms with Crippen molar-refractivity contribution in [3.05, 3.63) is 52.4 Å². The minimum absolute atomic E-state index is 0.655. The monoisotopic (exact) mass is 384 g/mol. The van der Waals surface area contributed by atoms with Gasteiger partial charge in [-0.15, -0.1) is 0 Å². The lowest BCUT2D eigenvalue weighted by molar-refractivity contribution is -0.00870. The highest BCUT2D eigenvalue weighted by Crippen LogP contribution is 2.40. The molecule has 4 nitrogen and oxygen atoms in total. The summed E-state index contributed by atoms with van der Waals surface area (Å²) in [7, 11) is 0. The van der Waals surface area contributed by atoms with Crippen molar-refractivity contribution in [2.75, 3.05) is 18.0 Å². The Morgan fingerprint density at radius 2 is 1.92 bits per heavy atom. The van der Waals surface area contributed by atoms with Crippen molar-refractivity contribution in [3.8, 4) is 0 Å². The zero-order chi connectivity index (χ0) is 16.1. The smallest absolute Gasteiger partial charge is 0.132 e. The highest BCUT2D eigenvalue weighted by atomic mass is 79.9. The minimum atomic E-state index is 0.655. The topological polar surface area (TPSA) is 32.3 Å². The number of hydrogen-bond donors (Lipinski definition) is 0. The lowest BCUT2D eigenvalue weighted by atomic mass is 9.86. The van der Waals surface area contributed by atoms with Gasteiger partial charge in [-0.05, 0) is 37.0 Å². The standard InChI is InChI=1S/C19H21BrN4/c20-15-3-1-2-13(6-15)9-24-16-7-17(24)11-23(10-16)19-8-18(14-4-5-14)21-12-22-19/h1-3,6,8,12,14,16-17H,4-5,7,9-11H2. The molecule has 4 fully saturated rings. The van der Waals surface area contributed by atoms with Crippen LogP contribution in [0.4, 0.5) is 5.82 Å². The Bertz CT molecular complexity index is 749. The Hall–Kier alpha value is -1.46. The van der Waals surface area contributed by atoms with Gasteiger partial charge in [0.2, 0.25) is 0 Å². The zero-order valence-electron chi connectivity index (χ0n) is 13.6. The second-order valence-electron chi connectivity index (χ2n) is 7.33. The molecular weight excluding hydrogens is 364 g/mol. The molecule has 3 aliphatic heterocycles. The van der Waals surface area contributed by atoms with Crippen molar-refractivity contribution < 1.29 is 0 Å². The third kappa shape index (κ3) is 2.74. The van der Waals surface area contributed by atoms with E-state index in [-0.39, 0.29) is 0 Å². The van der Waals surface area contributed by atoms with Crippen LogP contribution in [-0.4, -0.2) is 40.0 Å². The Morgan fingerprint density at radius 3 is 2.67 bits per heavy atom. The first-order valence-electron chi connectivity index (χ1n) is 8.83. The van der Waals surface area contributed by atoms with Crippen LogP contribution in [0.1, 0.15) is 36.4 Å². The Labute approximate surface area is 151 Å². The molecule has 1 aromatic heterocycles. The summed E-state index contributed by atoms with van der Waals surface area (Å²) < 4.78 is 1.17. The quantitative estimate of drug-likeness (QED) is 0.806. The van der Waals surface area contributed by atoms with Crippen molar-refractivity contribution in [1.29, 1.82) is 0 Å². The van der Waals surface area contributed by atoms with Gasteiger partial charge >= 0.3 is 0 Å². The number of benzene rings is 1. The van der Waals surface area contributed by atoms with Gasteiger partial charge in [-0.25, -0.2) is 9.97 Å². The van der Waals surface area contributed by atoms with Gasteiger partial charge in [0.25, 0.3) is 0 Å². The van der Waals surface area contributed by atoms with E-state index in [0.717, 1.165) is 25.5 Å². The summed E-state index contributed by atoms with van der Waals surface area (Å²) in [6.45, 7) is 3.23.